The maximum Gasteiger partial charge on any atom is 0.336 e. The molecule has 0 saturated heterocycles. The molecule has 104 valence electrons. The van der Waals surface area contributed by atoms with Gasteiger partial charge in [-0.15, -0.1) is 0 Å². The van der Waals surface area contributed by atoms with Crippen molar-refractivity contribution in [2.24, 2.45) is 0 Å². The summed E-state index contributed by atoms with van der Waals surface area (Å²) in [5, 5.41) is 9.14. The molecule has 0 fully saturated rings. The molecular formula is C14H9BrF2O3. The van der Waals surface area contributed by atoms with Gasteiger partial charge in [0.1, 0.15) is 17.4 Å². The summed E-state index contributed by atoms with van der Waals surface area (Å²) in [6.07, 6.45) is 0. The lowest BCUT2D eigenvalue weighted by molar-refractivity contribution is 0.0697. The van der Waals surface area contributed by atoms with Crippen molar-refractivity contribution in [1.82, 2.24) is 0 Å². The van der Waals surface area contributed by atoms with Crippen LogP contribution in [0.25, 0.3) is 11.1 Å². The Morgan fingerprint density at radius 1 is 1.20 bits per heavy atom. The fourth-order valence-electron chi connectivity index (χ4n) is 1.84. The molecule has 0 bridgehead atoms. The molecular weight excluding hydrogens is 334 g/mol. The number of carbonyl (C=O) groups is 1. The highest BCUT2D eigenvalue weighted by molar-refractivity contribution is 9.10. The maximum absolute atomic E-state index is 14.0. The smallest absolute Gasteiger partial charge is 0.336 e. The predicted molar refractivity (Wildman–Crippen MR) is 73.0 cm³/mol. The second-order valence-corrected chi connectivity index (χ2v) is 4.88. The SMILES string of the molecule is COc1cc(F)c(-c2ccc(Br)cc2C(=O)O)c(F)c1. The number of carboxylic acids is 1. The average Bonchev–Trinajstić information content (AvgIpc) is 2.39. The minimum Gasteiger partial charge on any atom is -0.497 e. The van der Waals surface area contributed by atoms with Crippen LogP contribution in [0.5, 0.6) is 5.75 Å². The van der Waals surface area contributed by atoms with Crippen LogP contribution in [0.4, 0.5) is 8.78 Å². The summed E-state index contributed by atoms with van der Waals surface area (Å²) >= 11 is 3.13. The highest BCUT2D eigenvalue weighted by Gasteiger charge is 2.20. The molecule has 0 unspecified atom stereocenters. The number of hydrogen-bond donors (Lipinski definition) is 1. The van der Waals surface area contributed by atoms with E-state index in [2.05, 4.69) is 15.9 Å². The molecule has 0 aliphatic heterocycles. The van der Waals surface area contributed by atoms with Gasteiger partial charge in [0.25, 0.3) is 0 Å². The summed E-state index contributed by atoms with van der Waals surface area (Å²) < 4.78 is 33.3. The quantitative estimate of drug-likeness (QED) is 0.913. The number of hydrogen-bond acceptors (Lipinski definition) is 2. The molecule has 0 heterocycles. The van der Waals surface area contributed by atoms with Crippen molar-refractivity contribution in [2.75, 3.05) is 7.11 Å². The molecule has 0 aromatic heterocycles. The van der Waals surface area contributed by atoms with Crippen LogP contribution < -0.4 is 4.74 Å². The zero-order valence-electron chi connectivity index (χ0n) is 10.3. The fraction of sp³-hybridized carbons (Fsp3) is 0.0714. The number of rotatable bonds is 3. The van der Waals surface area contributed by atoms with Gasteiger partial charge in [0.05, 0.1) is 18.2 Å². The number of ether oxygens (including phenoxy) is 1. The number of aromatic carboxylic acids is 1. The standard InChI is InChI=1S/C14H9BrF2O3/c1-20-8-5-11(16)13(12(17)6-8)9-3-2-7(15)4-10(9)14(18)19/h2-6H,1H3,(H,18,19). The van der Waals surface area contributed by atoms with Crippen molar-refractivity contribution in [3.05, 3.63) is 52.0 Å². The van der Waals surface area contributed by atoms with Crippen LogP contribution in [0.3, 0.4) is 0 Å². The summed E-state index contributed by atoms with van der Waals surface area (Å²) in [7, 11) is 1.29. The fourth-order valence-corrected chi connectivity index (χ4v) is 2.20. The summed E-state index contributed by atoms with van der Waals surface area (Å²) in [4.78, 5) is 11.2. The van der Waals surface area contributed by atoms with Gasteiger partial charge in [-0.1, -0.05) is 22.0 Å². The highest BCUT2D eigenvalue weighted by atomic mass is 79.9. The van der Waals surface area contributed by atoms with Crippen molar-refractivity contribution in [1.29, 1.82) is 0 Å². The van der Waals surface area contributed by atoms with Gasteiger partial charge in [-0.05, 0) is 12.1 Å². The van der Waals surface area contributed by atoms with Crippen molar-refractivity contribution in [3.63, 3.8) is 0 Å². The molecule has 0 saturated carbocycles. The van der Waals surface area contributed by atoms with Crippen molar-refractivity contribution in [3.8, 4) is 16.9 Å². The molecule has 2 rings (SSSR count). The normalized spacial score (nSPS) is 10.4. The van der Waals surface area contributed by atoms with Gasteiger partial charge in [-0.25, -0.2) is 13.6 Å². The molecule has 2 aromatic carbocycles. The molecule has 2 aromatic rings. The lowest BCUT2D eigenvalue weighted by Gasteiger charge is -2.11. The van der Waals surface area contributed by atoms with E-state index in [0.717, 1.165) is 12.1 Å². The zero-order valence-corrected chi connectivity index (χ0v) is 11.9. The van der Waals surface area contributed by atoms with Gasteiger partial charge in [-0.3, -0.25) is 0 Å². The third-order valence-electron chi connectivity index (χ3n) is 2.73. The van der Waals surface area contributed by atoms with E-state index in [1.807, 2.05) is 0 Å². The van der Waals surface area contributed by atoms with Gasteiger partial charge in [-0.2, -0.15) is 0 Å². The Balaban J connectivity index is 2.72. The lowest BCUT2D eigenvalue weighted by Crippen LogP contribution is -2.02. The van der Waals surface area contributed by atoms with E-state index in [1.54, 1.807) is 0 Å². The molecule has 3 nitrogen and oxygen atoms in total. The van der Waals surface area contributed by atoms with Crippen molar-refractivity contribution in [2.45, 2.75) is 0 Å². The first-order valence-corrected chi connectivity index (χ1v) is 6.29. The summed E-state index contributed by atoms with van der Waals surface area (Å²) in [5.41, 5.74) is -0.614. The molecule has 0 radical (unpaired) electrons. The van der Waals surface area contributed by atoms with Crippen LogP contribution in [0.2, 0.25) is 0 Å². The number of halogens is 3. The Morgan fingerprint density at radius 3 is 2.30 bits per heavy atom. The van der Waals surface area contributed by atoms with Gasteiger partial charge in [0.2, 0.25) is 0 Å². The molecule has 0 amide bonds. The van der Waals surface area contributed by atoms with Gasteiger partial charge < -0.3 is 9.84 Å². The lowest BCUT2D eigenvalue weighted by atomic mass is 9.98. The molecule has 0 spiro atoms. The first-order chi connectivity index (χ1) is 9.43. The Bertz CT molecular complexity index is 663. The third-order valence-corrected chi connectivity index (χ3v) is 3.23. The molecule has 20 heavy (non-hydrogen) atoms. The molecule has 1 N–H and O–H groups in total. The Morgan fingerprint density at radius 2 is 1.80 bits per heavy atom. The van der Waals surface area contributed by atoms with Crippen LogP contribution in [0.1, 0.15) is 10.4 Å². The maximum atomic E-state index is 14.0. The van der Waals surface area contributed by atoms with E-state index in [4.69, 9.17) is 9.84 Å². The topological polar surface area (TPSA) is 46.5 Å². The van der Waals surface area contributed by atoms with E-state index in [9.17, 15) is 13.6 Å². The van der Waals surface area contributed by atoms with Crippen LogP contribution in [-0.2, 0) is 0 Å². The largest absolute Gasteiger partial charge is 0.497 e. The van der Waals surface area contributed by atoms with E-state index < -0.39 is 23.2 Å². The second-order valence-electron chi connectivity index (χ2n) is 3.96. The summed E-state index contributed by atoms with van der Waals surface area (Å²) in [6, 6.07) is 6.17. The van der Waals surface area contributed by atoms with E-state index in [1.165, 1.54) is 25.3 Å². The third kappa shape index (κ3) is 2.65. The highest BCUT2D eigenvalue weighted by Crippen LogP contribution is 2.33. The van der Waals surface area contributed by atoms with Gasteiger partial charge >= 0.3 is 5.97 Å². The first kappa shape index (κ1) is 14.5. The molecule has 0 atom stereocenters. The molecule has 0 aliphatic rings. The van der Waals surface area contributed by atoms with Crippen molar-refractivity contribution >= 4 is 21.9 Å². The number of carboxylic acid groups (broad SMARTS) is 1. The van der Waals surface area contributed by atoms with Gasteiger partial charge in [0.15, 0.2) is 0 Å². The van der Waals surface area contributed by atoms with Crippen LogP contribution in [0.15, 0.2) is 34.8 Å². The Labute approximate surface area is 121 Å². The zero-order chi connectivity index (χ0) is 14.9. The summed E-state index contributed by atoms with van der Waals surface area (Å²) in [6.45, 7) is 0. The van der Waals surface area contributed by atoms with E-state index >= 15 is 0 Å². The van der Waals surface area contributed by atoms with Crippen LogP contribution in [-0.4, -0.2) is 18.2 Å². The van der Waals surface area contributed by atoms with Crippen molar-refractivity contribution < 1.29 is 23.4 Å². The Hall–Kier alpha value is -1.95. The van der Waals surface area contributed by atoms with E-state index in [-0.39, 0.29) is 16.9 Å². The summed E-state index contributed by atoms with van der Waals surface area (Å²) in [5.74, 6) is -3.01. The Kier molecular flexibility index (Phi) is 4.04. The molecule has 6 heteroatoms. The van der Waals surface area contributed by atoms with Crippen LogP contribution >= 0.6 is 15.9 Å². The van der Waals surface area contributed by atoms with Crippen LogP contribution in [0, 0.1) is 11.6 Å². The van der Waals surface area contributed by atoms with Gasteiger partial charge in [0, 0.05) is 22.2 Å². The minimum atomic E-state index is -1.27. The van der Waals surface area contributed by atoms with E-state index in [0.29, 0.717) is 4.47 Å². The number of benzene rings is 2. The number of methoxy groups -OCH3 is 1. The second kappa shape index (κ2) is 5.58. The first-order valence-electron chi connectivity index (χ1n) is 5.50. The molecule has 0 aliphatic carbocycles. The average molecular weight is 343 g/mol. The predicted octanol–water partition coefficient (Wildman–Crippen LogP) is 4.10. The monoisotopic (exact) mass is 342 g/mol. The minimum absolute atomic E-state index is 0.0257.